The molecule has 0 atom stereocenters. The van der Waals surface area contributed by atoms with Gasteiger partial charge in [-0.25, -0.2) is 9.67 Å². The third kappa shape index (κ3) is 2.03. The zero-order chi connectivity index (χ0) is 9.97. The van der Waals surface area contributed by atoms with Crippen LogP contribution in [0.15, 0.2) is 30.6 Å². The summed E-state index contributed by atoms with van der Waals surface area (Å²) in [6.07, 6.45) is 1.59. The van der Waals surface area contributed by atoms with E-state index in [2.05, 4.69) is 10.1 Å². The molecule has 2 aromatic rings. The van der Waals surface area contributed by atoms with E-state index in [0.717, 1.165) is 10.6 Å². The SMILES string of the molecule is Nc1ncn(Cc2cccc(Cl)c2)n1. The van der Waals surface area contributed by atoms with Crippen LogP contribution in [-0.2, 0) is 6.54 Å². The molecule has 1 heterocycles. The van der Waals surface area contributed by atoms with Crippen molar-refractivity contribution in [3.05, 3.63) is 41.2 Å². The highest BCUT2D eigenvalue weighted by Crippen LogP contribution is 2.11. The third-order valence-electron chi connectivity index (χ3n) is 1.79. The number of nitrogen functional groups attached to an aromatic ring is 1. The Bertz CT molecular complexity index is 438. The van der Waals surface area contributed by atoms with Crippen molar-refractivity contribution in [1.29, 1.82) is 0 Å². The first-order valence-corrected chi connectivity index (χ1v) is 4.51. The Morgan fingerprint density at radius 3 is 2.93 bits per heavy atom. The molecule has 0 saturated heterocycles. The molecular formula is C9H9ClN4. The van der Waals surface area contributed by atoms with Crippen LogP contribution in [0.2, 0.25) is 5.02 Å². The van der Waals surface area contributed by atoms with Gasteiger partial charge in [0.05, 0.1) is 6.54 Å². The van der Waals surface area contributed by atoms with Gasteiger partial charge in [-0.15, -0.1) is 5.10 Å². The zero-order valence-electron chi connectivity index (χ0n) is 7.39. The van der Waals surface area contributed by atoms with Crippen LogP contribution in [0.5, 0.6) is 0 Å². The van der Waals surface area contributed by atoms with E-state index in [9.17, 15) is 0 Å². The van der Waals surface area contributed by atoms with Crippen molar-refractivity contribution in [2.45, 2.75) is 6.54 Å². The lowest BCUT2D eigenvalue weighted by Crippen LogP contribution is -2.00. The molecule has 0 aliphatic rings. The minimum absolute atomic E-state index is 0.284. The minimum atomic E-state index is 0.284. The van der Waals surface area contributed by atoms with Gasteiger partial charge in [0.1, 0.15) is 6.33 Å². The van der Waals surface area contributed by atoms with E-state index in [1.807, 2.05) is 24.3 Å². The fourth-order valence-corrected chi connectivity index (χ4v) is 1.42. The maximum atomic E-state index is 5.85. The van der Waals surface area contributed by atoms with Crippen LogP contribution in [0.3, 0.4) is 0 Å². The van der Waals surface area contributed by atoms with Gasteiger partial charge in [0, 0.05) is 5.02 Å². The number of anilines is 1. The molecule has 1 aromatic heterocycles. The van der Waals surface area contributed by atoms with Crippen LogP contribution in [0.25, 0.3) is 0 Å². The number of nitrogens with two attached hydrogens (primary N) is 1. The van der Waals surface area contributed by atoms with Crippen molar-refractivity contribution in [3.63, 3.8) is 0 Å². The Balaban J connectivity index is 2.18. The highest BCUT2D eigenvalue weighted by Gasteiger charge is 1.98. The molecule has 0 fully saturated rings. The van der Waals surface area contributed by atoms with Crippen LogP contribution in [-0.4, -0.2) is 14.8 Å². The monoisotopic (exact) mass is 208 g/mol. The lowest BCUT2D eigenvalue weighted by atomic mass is 10.2. The summed E-state index contributed by atoms with van der Waals surface area (Å²) in [5.74, 6) is 0.284. The maximum Gasteiger partial charge on any atom is 0.239 e. The van der Waals surface area contributed by atoms with E-state index < -0.39 is 0 Å². The van der Waals surface area contributed by atoms with Gasteiger partial charge in [-0.05, 0) is 17.7 Å². The zero-order valence-corrected chi connectivity index (χ0v) is 8.15. The van der Waals surface area contributed by atoms with E-state index in [4.69, 9.17) is 17.3 Å². The summed E-state index contributed by atoms with van der Waals surface area (Å²) in [5.41, 5.74) is 6.46. The smallest absolute Gasteiger partial charge is 0.239 e. The summed E-state index contributed by atoms with van der Waals surface area (Å²) >= 11 is 5.85. The van der Waals surface area contributed by atoms with Gasteiger partial charge in [0.25, 0.3) is 0 Å². The van der Waals surface area contributed by atoms with Crippen LogP contribution in [0, 0.1) is 0 Å². The van der Waals surface area contributed by atoms with Gasteiger partial charge in [0.15, 0.2) is 0 Å². The van der Waals surface area contributed by atoms with Crippen LogP contribution in [0.1, 0.15) is 5.56 Å². The van der Waals surface area contributed by atoms with E-state index in [1.165, 1.54) is 0 Å². The Morgan fingerprint density at radius 2 is 2.29 bits per heavy atom. The summed E-state index contributed by atoms with van der Waals surface area (Å²) < 4.78 is 1.67. The molecule has 0 aliphatic heterocycles. The highest BCUT2D eigenvalue weighted by molar-refractivity contribution is 6.30. The van der Waals surface area contributed by atoms with Gasteiger partial charge in [-0.3, -0.25) is 0 Å². The first kappa shape index (κ1) is 9.02. The van der Waals surface area contributed by atoms with Crippen molar-refractivity contribution in [2.75, 3.05) is 5.73 Å². The molecule has 5 heteroatoms. The predicted octanol–water partition coefficient (Wildman–Crippen LogP) is 1.56. The van der Waals surface area contributed by atoms with E-state index in [0.29, 0.717) is 6.54 Å². The molecular weight excluding hydrogens is 200 g/mol. The number of hydrogen-bond acceptors (Lipinski definition) is 3. The Morgan fingerprint density at radius 1 is 1.43 bits per heavy atom. The number of aromatic nitrogens is 3. The number of hydrogen-bond donors (Lipinski definition) is 1. The van der Waals surface area contributed by atoms with Gasteiger partial charge < -0.3 is 5.73 Å². The molecule has 4 nitrogen and oxygen atoms in total. The van der Waals surface area contributed by atoms with Crippen molar-refractivity contribution >= 4 is 17.5 Å². The van der Waals surface area contributed by atoms with Crippen LogP contribution >= 0.6 is 11.6 Å². The molecule has 14 heavy (non-hydrogen) atoms. The molecule has 2 rings (SSSR count). The van der Waals surface area contributed by atoms with E-state index in [-0.39, 0.29) is 5.95 Å². The largest absolute Gasteiger partial charge is 0.367 e. The molecule has 0 amide bonds. The number of rotatable bonds is 2. The number of halogens is 1. The maximum absolute atomic E-state index is 5.85. The molecule has 72 valence electrons. The molecule has 0 saturated carbocycles. The normalized spacial score (nSPS) is 10.4. The number of nitrogens with zero attached hydrogens (tertiary/aromatic N) is 3. The summed E-state index contributed by atoms with van der Waals surface area (Å²) in [6.45, 7) is 0.630. The van der Waals surface area contributed by atoms with Crippen molar-refractivity contribution < 1.29 is 0 Å². The molecule has 0 unspecified atom stereocenters. The first-order valence-electron chi connectivity index (χ1n) is 4.13. The summed E-state index contributed by atoms with van der Waals surface area (Å²) in [7, 11) is 0. The minimum Gasteiger partial charge on any atom is -0.367 e. The Kier molecular flexibility index (Phi) is 2.37. The topological polar surface area (TPSA) is 56.7 Å². The lowest BCUT2D eigenvalue weighted by molar-refractivity contribution is 0.687. The third-order valence-corrected chi connectivity index (χ3v) is 2.02. The van der Waals surface area contributed by atoms with Crippen LogP contribution in [0.4, 0.5) is 5.95 Å². The first-order chi connectivity index (χ1) is 6.74. The fraction of sp³-hybridized carbons (Fsp3) is 0.111. The Hall–Kier alpha value is -1.55. The molecule has 0 spiro atoms. The average Bonchev–Trinajstić information content (AvgIpc) is 2.51. The molecule has 0 radical (unpaired) electrons. The Labute approximate surface area is 86.3 Å². The van der Waals surface area contributed by atoms with Gasteiger partial charge in [-0.1, -0.05) is 23.7 Å². The quantitative estimate of drug-likeness (QED) is 0.815. The van der Waals surface area contributed by atoms with Gasteiger partial charge >= 0.3 is 0 Å². The van der Waals surface area contributed by atoms with E-state index >= 15 is 0 Å². The summed E-state index contributed by atoms with van der Waals surface area (Å²) in [4.78, 5) is 3.83. The number of benzene rings is 1. The van der Waals surface area contributed by atoms with Crippen LogP contribution < -0.4 is 5.73 Å². The second kappa shape index (κ2) is 3.67. The molecule has 2 N–H and O–H groups in total. The van der Waals surface area contributed by atoms with Crippen molar-refractivity contribution in [3.8, 4) is 0 Å². The molecule has 0 aliphatic carbocycles. The lowest BCUT2D eigenvalue weighted by Gasteiger charge is -2.00. The average molecular weight is 209 g/mol. The molecule has 0 bridgehead atoms. The fourth-order valence-electron chi connectivity index (χ4n) is 1.21. The predicted molar refractivity (Wildman–Crippen MR) is 55.0 cm³/mol. The van der Waals surface area contributed by atoms with Crippen molar-refractivity contribution in [2.24, 2.45) is 0 Å². The standard InChI is InChI=1S/C9H9ClN4/c10-8-3-1-2-7(4-8)5-14-6-12-9(11)13-14/h1-4,6H,5H2,(H2,11,13). The summed E-state index contributed by atoms with van der Waals surface area (Å²) in [6, 6.07) is 7.60. The van der Waals surface area contributed by atoms with Crippen molar-refractivity contribution in [1.82, 2.24) is 14.8 Å². The van der Waals surface area contributed by atoms with Gasteiger partial charge in [-0.2, -0.15) is 0 Å². The summed E-state index contributed by atoms with van der Waals surface area (Å²) in [5, 5.41) is 4.69. The highest BCUT2D eigenvalue weighted by atomic mass is 35.5. The van der Waals surface area contributed by atoms with E-state index in [1.54, 1.807) is 11.0 Å². The second-order valence-corrected chi connectivity index (χ2v) is 3.37. The molecule has 1 aromatic carbocycles. The second-order valence-electron chi connectivity index (χ2n) is 2.93. The van der Waals surface area contributed by atoms with Gasteiger partial charge in [0.2, 0.25) is 5.95 Å².